The van der Waals surface area contributed by atoms with Gasteiger partial charge in [-0.3, -0.25) is 0 Å². The molecule has 0 spiro atoms. The number of methoxy groups -OCH3 is 1. The van der Waals surface area contributed by atoms with Crippen LogP contribution in [0.4, 0.5) is 0 Å². The zero-order chi connectivity index (χ0) is 11.1. The summed E-state index contributed by atoms with van der Waals surface area (Å²) >= 11 is 12.3. The number of halogens is 2. The number of hydrogen-bond acceptors (Lipinski definition) is 1. The molecule has 0 N–H and O–H groups in total. The highest BCUT2D eigenvalue weighted by atomic mass is 35.5. The van der Waals surface area contributed by atoms with E-state index in [4.69, 9.17) is 27.9 Å². The van der Waals surface area contributed by atoms with Crippen LogP contribution in [0.25, 0.3) is 0 Å². The Morgan fingerprint density at radius 1 is 1.20 bits per heavy atom. The lowest BCUT2D eigenvalue weighted by Gasteiger charge is -2.36. The third-order valence-electron chi connectivity index (χ3n) is 3.78. The van der Waals surface area contributed by atoms with Gasteiger partial charge in [-0.15, -0.1) is 23.2 Å². The maximum Gasteiger partial charge on any atom is 0.0462 e. The smallest absolute Gasteiger partial charge is 0.0462 e. The fourth-order valence-electron chi connectivity index (χ4n) is 2.70. The van der Waals surface area contributed by atoms with Gasteiger partial charge in [0.1, 0.15) is 0 Å². The van der Waals surface area contributed by atoms with Gasteiger partial charge in [-0.1, -0.05) is 12.8 Å². The average Bonchev–Trinajstić information content (AvgIpc) is 2.79. The molecule has 15 heavy (non-hydrogen) atoms. The predicted molar refractivity (Wildman–Crippen MR) is 66.9 cm³/mol. The Labute approximate surface area is 103 Å². The second kappa shape index (κ2) is 6.98. The van der Waals surface area contributed by atoms with Crippen molar-refractivity contribution in [2.45, 2.75) is 38.5 Å². The first-order valence-corrected chi connectivity index (χ1v) is 6.97. The van der Waals surface area contributed by atoms with Gasteiger partial charge in [0, 0.05) is 30.9 Å². The van der Waals surface area contributed by atoms with Crippen molar-refractivity contribution in [3.8, 4) is 0 Å². The molecule has 1 aliphatic carbocycles. The van der Waals surface area contributed by atoms with Crippen molar-refractivity contribution in [3.63, 3.8) is 0 Å². The zero-order valence-electron chi connectivity index (χ0n) is 9.61. The number of ether oxygens (including phenoxy) is 1. The lowest BCUT2D eigenvalue weighted by molar-refractivity contribution is 0.150. The molecule has 0 radical (unpaired) electrons. The molecule has 1 nitrogen and oxygen atoms in total. The topological polar surface area (TPSA) is 9.23 Å². The largest absolute Gasteiger partial charge is 0.385 e. The number of hydrogen-bond donors (Lipinski definition) is 0. The minimum Gasteiger partial charge on any atom is -0.385 e. The van der Waals surface area contributed by atoms with Gasteiger partial charge >= 0.3 is 0 Å². The molecule has 0 aromatic rings. The van der Waals surface area contributed by atoms with Gasteiger partial charge in [0.2, 0.25) is 0 Å². The van der Waals surface area contributed by atoms with Crippen molar-refractivity contribution < 1.29 is 4.74 Å². The highest BCUT2D eigenvalue weighted by Gasteiger charge is 2.38. The Bertz CT molecular complexity index is 163. The van der Waals surface area contributed by atoms with Crippen molar-refractivity contribution in [3.05, 3.63) is 0 Å². The van der Waals surface area contributed by atoms with Crippen molar-refractivity contribution in [2.75, 3.05) is 25.5 Å². The van der Waals surface area contributed by atoms with Gasteiger partial charge < -0.3 is 4.74 Å². The molecule has 0 aromatic carbocycles. The number of rotatable bonds is 7. The summed E-state index contributed by atoms with van der Waals surface area (Å²) in [5.74, 6) is 2.14. The van der Waals surface area contributed by atoms with Crippen molar-refractivity contribution in [2.24, 2.45) is 11.3 Å². The van der Waals surface area contributed by atoms with E-state index in [1.807, 2.05) is 0 Å². The monoisotopic (exact) mass is 252 g/mol. The fourth-order valence-corrected chi connectivity index (χ4v) is 3.69. The second-order valence-electron chi connectivity index (χ2n) is 4.71. The normalized spacial score (nSPS) is 18.6. The number of alkyl halides is 2. The lowest BCUT2D eigenvalue weighted by Crippen LogP contribution is -2.33. The third-order valence-corrected chi connectivity index (χ3v) is 4.84. The van der Waals surface area contributed by atoms with Crippen LogP contribution in [-0.2, 0) is 4.74 Å². The summed E-state index contributed by atoms with van der Waals surface area (Å²) in [6.45, 7) is 0.822. The first kappa shape index (κ1) is 13.6. The van der Waals surface area contributed by atoms with Crippen LogP contribution in [-0.4, -0.2) is 25.5 Å². The molecule has 1 rings (SSSR count). The molecule has 1 aliphatic rings. The van der Waals surface area contributed by atoms with E-state index in [9.17, 15) is 0 Å². The summed E-state index contributed by atoms with van der Waals surface area (Å²) in [6.07, 6.45) is 7.51. The Morgan fingerprint density at radius 3 is 2.27 bits per heavy atom. The van der Waals surface area contributed by atoms with Crippen LogP contribution >= 0.6 is 23.2 Å². The standard InChI is InChI=1S/C12H22Cl2O/c1-15-8-4-7-12(9-13,10-14)11-5-2-3-6-11/h11H,2-10H2,1H3. The van der Waals surface area contributed by atoms with Gasteiger partial charge in [-0.2, -0.15) is 0 Å². The first-order valence-electron chi connectivity index (χ1n) is 5.90. The Hall–Kier alpha value is 0.540. The minimum atomic E-state index is 0.165. The summed E-state index contributed by atoms with van der Waals surface area (Å²) in [5.41, 5.74) is 0.165. The first-order chi connectivity index (χ1) is 7.29. The highest BCUT2D eigenvalue weighted by molar-refractivity contribution is 6.21. The van der Waals surface area contributed by atoms with E-state index in [-0.39, 0.29) is 5.41 Å². The summed E-state index contributed by atoms with van der Waals surface area (Å²) in [7, 11) is 1.75. The zero-order valence-corrected chi connectivity index (χ0v) is 11.1. The molecule has 0 aliphatic heterocycles. The molecular weight excluding hydrogens is 231 g/mol. The second-order valence-corrected chi connectivity index (χ2v) is 5.24. The molecule has 1 fully saturated rings. The Morgan fingerprint density at radius 2 is 1.80 bits per heavy atom. The molecule has 0 aromatic heterocycles. The van der Waals surface area contributed by atoms with E-state index < -0.39 is 0 Å². The lowest BCUT2D eigenvalue weighted by atomic mass is 9.74. The van der Waals surface area contributed by atoms with Gasteiger partial charge in [0.25, 0.3) is 0 Å². The Kier molecular flexibility index (Phi) is 6.33. The van der Waals surface area contributed by atoms with Crippen molar-refractivity contribution in [1.29, 1.82) is 0 Å². The van der Waals surface area contributed by atoms with Crippen LogP contribution in [0.1, 0.15) is 38.5 Å². The molecule has 0 bridgehead atoms. The van der Waals surface area contributed by atoms with E-state index in [2.05, 4.69) is 0 Å². The van der Waals surface area contributed by atoms with E-state index in [0.717, 1.165) is 25.4 Å². The van der Waals surface area contributed by atoms with Crippen LogP contribution in [0.3, 0.4) is 0 Å². The SMILES string of the molecule is COCCCC(CCl)(CCl)C1CCCC1. The molecule has 0 amide bonds. The van der Waals surface area contributed by atoms with Crippen LogP contribution in [0.5, 0.6) is 0 Å². The summed E-state index contributed by atoms with van der Waals surface area (Å²) in [6, 6.07) is 0. The van der Waals surface area contributed by atoms with Crippen molar-refractivity contribution >= 4 is 23.2 Å². The van der Waals surface area contributed by atoms with Crippen LogP contribution in [0, 0.1) is 11.3 Å². The molecule has 0 unspecified atom stereocenters. The minimum absolute atomic E-state index is 0.165. The molecule has 0 saturated heterocycles. The fraction of sp³-hybridized carbons (Fsp3) is 1.00. The predicted octanol–water partition coefficient (Wildman–Crippen LogP) is 4.07. The summed E-state index contributed by atoms with van der Waals surface area (Å²) in [5, 5.41) is 0. The van der Waals surface area contributed by atoms with E-state index >= 15 is 0 Å². The maximum absolute atomic E-state index is 6.16. The molecule has 1 saturated carbocycles. The highest BCUT2D eigenvalue weighted by Crippen LogP contribution is 2.44. The molecule has 3 heteroatoms. The van der Waals surface area contributed by atoms with Crippen LogP contribution in [0.15, 0.2) is 0 Å². The molecule has 0 atom stereocenters. The van der Waals surface area contributed by atoms with Crippen LogP contribution in [0.2, 0.25) is 0 Å². The summed E-state index contributed by atoms with van der Waals surface area (Å²) < 4.78 is 5.10. The maximum atomic E-state index is 6.16. The summed E-state index contributed by atoms with van der Waals surface area (Å²) in [4.78, 5) is 0. The van der Waals surface area contributed by atoms with E-state index in [1.165, 1.54) is 25.7 Å². The van der Waals surface area contributed by atoms with E-state index in [1.54, 1.807) is 7.11 Å². The van der Waals surface area contributed by atoms with Gasteiger partial charge in [0.05, 0.1) is 0 Å². The molecule has 0 heterocycles. The van der Waals surface area contributed by atoms with Gasteiger partial charge in [-0.25, -0.2) is 0 Å². The van der Waals surface area contributed by atoms with E-state index in [0.29, 0.717) is 11.8 Å². The van der Waals surface area contributed by atoms with Crippen molar-refractivity contribution in [1.82, 2.24) is 0 Å². The quantitative estimate of drug-likeness (QED) is 0.491. The van der Waals surface area contributed by atoms with Crippen LogP contribution < -0.4 is 0 Å². The Balaban J connectivity index is 2.50. The van der Waals surface area contributed by atoms with Gasteiger partial charge in [-0.05, 0) is 31.6 Å². The molecular formula is C12H22Cl2O. The molecule has 90 valence electrons. The third kappa shape index (κ3) is 3.51. The van der Waals surface area contributed by atoms with Gasteiger partial charge in [0.15, 0.2) is 0 Å². The average molecular weight is 253 g/mol.